The minimum absolute atomic E-state index is 0.0249. The van der Waals surface area contributed by atoms with Crippen LogP contribution in [0.3, 0.4) is 0 Å². The van der Waals surface area contributed by atoms with Crippen LogP contribution < -0.4 is 5.32 Å². The van der Waals surface area contributed by atoms with Gasteiger partial charge in [0.2, 0.25) is 0 Å². The van der Waals surface area contributed by atoms with E-state index >= 15 is 0 Å². The van der Waals surface area contributed by atoms with Gasteiger partial charge in [-0.25, -0.2) is 0 Å². The molecule has 2 heteroatoms. The van der Waals surface area contributed by atoms with E-state index in [1.807, 2.05) is 19.1 Å². The number of hydrogen-bond acceptors (Lipinski definition) is 1. The molecule has 0 unspecified atom stereocenters. The minimum atomic E-state index is 0.0249. The van der Waals surface area contributed by atoms with Gasteiger partial charge in [-0.05, 0) is 18.9 Å². The Hall–Kier alpha value is -1.31. The van der Waals surface area contributed by atoms with Crippen LogP contribution in [0, 0.1) is 0 Å². The van der Waals surface area contributed by atoms with Gasteiger partial charge in [0, 0.05) is 12.1 Å². The molecule has 1 rings (SSSR count). The molecule has 84 valence electrons. The zero-order valence-corrected chi connectivity index (χ0v) is 9.97. The average molecular weight is 207 g/mol. The predicted molar refractivity (Wildman–Crippen MR) is 65.6 cm³/mol. The van der Waals surface area contributed by atoms with E-state index < -0.39 is 0 Å². The molecule has 1 fully saturated rings. The Morgan fingerprint density at radius 3 is 2.53 bits per heavy atom. The fourth-order valence-electron chi connectivity index (χ4n) is 1.32. The van der Waals surface area contributed by atoms with Crippen molar-refractivity contribution in [3.05, 3.63) is 36.0 Å². The summed E-state index contributed by atoms with van der Waals surface area (Å²) in [5, 5.41) is 2.79. The van der Waals surface area contributed by atoms with Crippen LogP contribution in [0.25, 0.3) is 0 Å². The van der Waals surface area contributed by atoms with Gasteiger partial charge in [0.05, 0.1) is 0 Å². The quantitative estimate of drug-likeness (QED) is 0.658. The van der Waals surface area contributed by atoms with Gasteiger partial charge in [-0.1, -0.05) is 45.1 Å². The lowest BCUT2D eigenvalue weighted by molar-refractivity contribution is -0.117. The van der Waals surface area contributed by atoms with Crippen LogP contribution in [-0.4, -0.2) is 12.5 Å². The standard InChI is InChI=1S/C10H13NO.C3H8/c1-3-5-8-6-7-11-10(12)9(8)4-2;1-3-2/h3-5H,1,6-7H2,2H3,(H,11,12);3H2,1-2H3/b8-5-,9-4+;. The van der Waals surface area contributed by atoms with Crippen molar-refractivity contribution < 1.29 is 4.79 Å². The maximum atomic E-state index is 11.3. The first kappa shape index (κ1) is 13.7. The van der Waals surface area contributed by atoms with Crippen molar-refractivity contribution >= 4 is 5.91 Å². The molecule has 1 amide bonds. The number of amides is 1. The molecule has 0 aromatic heterocycles. The van der Waals surface area contributed by atoms with Crippen LogP contribution in [-0.2, 0) is 4.79 Å². The van der Waals surface area contributed by atoms with E-state index in [1.165, 1.54) is 6.42 Å². The molecule has 2 nitrogen and oxygen atoms in total. The maximum Gasteiger partial charge on any atom is 0.251 e. The topological polar surface area (TPSA) is 29.1 Å². The number of allylic oxidation sites excluding steroid dienone is 3. The molecule has 0 bridgehead atoms. The van der Waals surface area contributed by atoms with E-state index in [0.717, 1.165) is 24.1 Å². The second-order valence-electron chi connectivity index (χ2n) is 3.34. The summed E-state index contributed by atoms with van der Waals surface area (Å²) >= 11 is 0. The highest BCUT2D eigenvalue weighted by Crippen LogP contribution is 2.17. The second kappa shape index (κ2) is 8.04. The molecule has 0 radical (unpaired) electrons. The van der Waals surface area contributed by atoms with Crippen molar-refractivity contribution in [1.29, 1.82) is 0 Å². The first-order chi connectivity index (χ1) is 7.21. The highest BCUT2D eigenvalue weighted by molar-refractivity contribution is 5.98. The van der Waals surface area contributed by atoms with Gasteiger partial charge in [0.15, 0.2) is 0 Å². The lowest BCUT2D eigenvalue weighted by atomic mass is 9.98. The second-order valence-corrected chi connectivity index (χ2v) is 3.34. The lowest BCUT2D eigenvalue weighted by Gasteiger charge is -2.17. The third-order valence-corrected chi connectivity index (χ3v) is 1.88. The zero-order chi connectivity index (χ0) is 11.7. The Kier molecular flexibility index (Phi) is 7.33. The van der Waals surface area contributed by atoms with Crippen molar-refractivity contribution in [2.75, 3.05) is 6.54 Å². The third-order valence-electron chi connectivity index (χ3n) is 1.88. The fraction of sp³-hybridized carbons (Fsp3) is 0.462. The smallest absolute Gasteiger partial charge is 0.251 e. The molecule has 1 N–H and O–H groups in total. The van der Waals surface area contributed by atoms with Crippen molar-refractivity contribution in [2.24, 2.45) is 0 Å². The number of carbonyl (C=O) groups is 1. The summed E-state index contributed by atoms with van der Waals surface area (Å²) in [6.07, 6.45) is 7.60. The Balaban J connectivity index is 0.000000583. The molecule has 1 aliphatic rings. The normalized spacial score (nSPS) is 20.6. The van der Waals surface area contributed by atoms with E-state index in [0.29, 0.717) is 0 Å². The van der Waals surface area contributed by atoms with Gasteiger partial charge >= 0.3 is 0 Å². The summed E-state index contributed by atoms with van der Waals surface area (Å²) in [5.41, 5.74) is 1.86. The number of piperidine rings is 1. The van der Waals surface area contributed by atoms with E-state index in [2.05, 4.69) is 25.7 Å². The van der Waals surface area contributed by atoms with Gasteiger partial charge < -0.3 is 5.32 Å². The van der Waals surface area contributed by atoms with E-state index in [4.69, 9.17) is 0 Å². The largest absolute Gasteiger partial charge is 0.352 e. The first-order valence-electron chi connectivity index (χ1n) is 5.47. The Bertz CT molecular complexity index is 274. The summed E-state index contributed by atoms with van der Waals surface area (Å²) in [5.74, 6) is 0.0249. The minimum Gasteiger partial charge on any atom is -0.352 e. The fourth-order valence-corrected chi connectivity index (χ4v) is 1.32. The van der Waals surface area contributed by atoms with Crippen LogP contribution in [0.5, 0.6) is 0 Å². The number of carbonyl (C=O) groups excluding carboxylic acids is 1. The Labute approximate surface area is 92.8 Å². The summed E-state index contributed by atoms with van der Waals surface area (Å²) in [4.78, 5) is 11.3. The highest BCUT2D eigenvalue weighted by atomic mass is 16.1. The predicted octanol–water partition coefficient (Wildman–Crippen LogP) is 2.98. The number of rotatable bonds is 1. The van der Waals surface area contributed by atoms with Crippen LogP contribution in [0.15, 0.2) is 36.0 Å². The Morgan fingerprint density at radius 1 is 1.47 bits per heavy atom. The molecule has 15 heavy (non-hydrogen) atoms. The summed E-state index contributed by atoms with van der Waals surface area (Å²) in [7, 11) is 0. The van der Waals surface area contributed by atoms with E-state index in [9.17, 15) is 4.79 Å². The number of hydrogen-bond donors (Lipinski definition) is 1. The third kappa shape index (κ3) is 4.63. The lowest BCUT2D eigenvalue weighted by Crippen LogP contribution is -2.32. The zero-order valence-electron chi connectivity index (χ0n) is 9.97. The maximum absolute atomic E-state index is 11.3. The molecule has 0 saturated carbocycles. The Morgan fingerprint density at radius 2 is 2.07 bits per heavy atom. The van der Waals surface area contributed by atoms with E-state index in [-0.39, 0.29) is 5.91 Å². The highest BCUT2D eigenvalue weighted by Gasteiger charge is 2.17. The van der Waals surface area contributed by atoms with Crippen molar-refractivity contribution in [3.63, 3.8) is 0 Å². The molecule has 0 aromatic rings. The average Bonchev–Trinajstić information content (AvgIpc) is 2.20. The van der Waals surface area contributed by atoms with Gasteiger partial charge in [-0.15, -0.1) is 0 Å². The monoisotopic (exact) mass is 207 g/mol. The van der Waals surface area contributed by atoms with Crippen LogP contribution >= 0.6 is 0 Å². The summed E-state index contributed by atoms with van der Waals surface area (Å²) in [6, 6.07) is 0. The molecule has 1 saturated heterocycles. The molecule has 0 aliphatic carbocycles. The first-order valence-corrected chi connectivity index (χ1v) is 5.47. The van der Waals surface area contributed by atoms with Crippen molar-refractivity contribution in [2.45, 2.75) is 33.6 Å². The van der Waals surface area contributed by atoms with E-state index in [1.54, 1.807) is 6.08 Å². The van der Waals surface area contributed by atoms with Crippen LogP contribution in [0.1, 0.15) is 33.6 Å². The molecule has 1 aliphatic heterocycles. The molecular formula is C13H21NO. The van der Waals surface area contributed by atoms with Crippen LogP contribution in [0.2, 0.25) is 0 Å². The SMILES string of the molecule is C=C/C=C1/CCNC(=O)/C1=C/C.CCC. The molecule has 0 spiro atoms. The van der Waals surface area contributed by atoms with Gasteiger partial charge in [-0.3, -0.25) is 4.79 Å². The number of nitrogens with one attached hydrogen (secondary N) is 1. The summed E-state index contributed by atoms with van der Waals surface area (Å²) < 4.78 is 0. The van der Waals surface area contributed by atoms with Gasteiger partial charge in [0.25, 0.3) is 5.91 Å². The molecule has 1 heterocycles. The van der Waals surface area contributed by atoms with Gasteiger partial charge in [0.1, 0.15) is 0 Å². The summed E-state index contributed by atoms with van der Waals surface area (Å²) in [6.45, 7) is 10.5. The van der Waals surface area contributed by atoms with Crippen molar-refractivity contribution in [3.8, 4) is 0 Å². The van der Waals surface area contributed by atoms with Gasteiger partial charge in [-0.2, -0.15) is 0 Å². The molecule has 0 aromatic carbocycles. The van der Waals surface area contributed by atoms with Crippen LogP contribution in [0.4, 0.5) is 0 Å². The molecule has 0 atom stereocenters. The molecular weight excluding hydrogens is 186 g/mol. The van der Waals surface area contributed by atoms with Crippen molar-refractivity contribution in [1.82, 2.24) is 5.32 Å².